The van der Waals surface area contributed by atoms with Crippen LogP contribution in [0, 0.1) is 0 Å². The Bertz CT molecular complexity index is 1270. The molecule has 0 aliphatic rings. The van der Waals surface area contributed by atoms with Crippen molar-refractivity contribution in [2.45, 2.75) is 12.7 Å². The van der Waals surface area contributed by atoms with Gasteiger partial charge in [0.05, 0.1) is 25.0 Å². The number of nitrogens with zero attached hydrogens (tertiary/aromatic N) is 2. The van der Waals surface area contributed by atoms with Crippen molar-refractivity contribution in [3.8, 4) is 11.4 Å². The molecule has 0 spiro atoms. The lowest BCUT2D eigenvalue weighted by atomic mass is 10.1. The molecule has 0 radical (unpaired) electrons. The van der Waals surface area contributed by atoms with Crippen LogP contribution in [-0.2, 0) is 17.5 Å². The second kappa shape index (κ2) is 10.4. The van der Waals surface area contributed by atoms with Crippen molar-refractivity contribution in [3.63, 3.8) is 0 Å². The first kappa shape index (κ1) is 24.8. The van der Waals surface area contributed by atoms with Gasteiger partial charge in [-0.25, -0.2) is 9.36 Å². The van der Waals surface area contributed by atoms with Gasteiger partial charge < -0.3 is 19.4 Å². The number of halogens is 3. The van der Waals surface area contributed by atoms with E-state index in [1.807, 2.05) is 0 Å². The summed E-state index contributed by atoms with van der Waals surface area (Å²) in [6, 6.07) is 10.7. The molecule has 11 heteroatoms. The zero-order valence-electron chi connectivity index (χ0n) is 18.4. The van der Waals surface area contributed by atoms with Crippen molar-refractivity contribution in [2.24, 2.45) is 0 Å². The standard InChI is InChI=1S/C23H22F3N3O5/c1-33-11-10-28(14-15-6-8-18(34-2)9-7-15)20(30)19-13-27-22(32)29(21(19)31)17-5-3-4-16(12-17)23(24,25)26/h3-9,12-13H,10-11,14H2,1-2H3,(H,27,32). The first-order valence-electron chi connectivity index (χ1n) is 10.1. The molecule has 8 nitrogen and oxygen atoms in total. The van der Waals surface area contributed by atoms with Gasteiger partial charge in [0.15, 0.2) is 0 Å². The summed E-state index contributed by atoms with van der Waals surface area (Å²) in [6.07, 6.45) is -3.71. The van der Waals surface area contributed by atoms with Gasteiger partial charge in [-0.1, -0.05) is 18.2 Å². The Kier molecular flexibility index (Phi) is 7.57. The lowest BCUT2D eigenvalue weighted by molar-refractivity contribution is -0.137. The quantitative estimate of drug-likeness (QED) is 0.539. The lowest BCUT2D eigenvalue weighted by Crippen LogP contribution is -2.42. The number of carbonyl (C=O) groups is 1. The van der Waals surface area contributed by atoms with Gasteiger partial charge in [0.1, 0.15) is 11.3 Å². The predicted octanol–water partition coefficient (Wildman–Crippen LogP) is 2.84. The Hall–Kier alpha value is -3.86. The highest BCUT2D eigenvalue weighted by Crippen LogP contribution is 2.29. The molecule has 3 rings (SSSR count). The average molecular weight is 477 g/mol. The highest BCUT2D eigenvalue weighted by atomic mass is 19.4. The number of hydrogen-bond donors (Lipinski definition) is 1. The van der Waals surface area contributed by atoms with Crippen molar-refractivity contribution in [3.05, 3.63) is 92.3 Å². The van der Waals surface area contributed by atoms with Crippen LogP contribution in [0.15, 0.2) is 64.3 Å². The van der Waals surface area contributed by atoms with Gasteiger partial charge in [-0.3, -0.25) is 9.59 Å². The minimum Gasteiger partial charge on any atom is -0.497 e. The number of ether oxygens (including phenoxy) is 2. The number of carbonyl (C=O) groups excluding carboxylic acids is 1. The average Bonchev–Trinajstić information content (AvgIpc) is 2.81. The summed E-state index contributed by atoms with van der Waals surface area (Å²) in [6.45, 7) is 0.421. The van der Waals surface area contributed by atoms with Crippen molar-refractivity contribution in [1.82, 2.24) is 14.5 Å². The van der Waals surface area contributed by atoms with Crippen molar-refractivity contribution in [1.29, 1.82) is 0 Å². The molecule has 2 aromatic carbocycles. The smallest absolute Gasteiger partial charge is 0.416 e. The number of H-pyrrole nitrogens is 1. The fourth-order valence-electron chi connectivity index (χ4n) is 3.26. The minimum absolute atomic E-state index is 0.119. The number of alkyl halides is 3. The number of methoxy groups -OCH3 is 2. The normalized spacial score (nSPS) is 11.3. The Morgan fingerprint density at radius 2 is 1.79 bits per heavy atom. The minimum atomic E-state index is -4.67. The van der Waals surface area contributed by atoms with E-state index in [4.69, 9.17) is 9.47 Å². The molecule has 34 heavy (non-hydrogen) atoms. The van der Waals surface area contributed by atoms with E-state index in [1.165, 1.54) is 25.2 Å². The van der Waals surface area contributed by atoms with E-state index in [0.717, 1.165) is 23.9 Å². The van der Waals surface area contributed by atoms with Crippen LogP contribution in [-0.4, -0.2) is 47.7 Å². The summed E-state index contributed by atoms with van der Waals surface area (Å²) in [5.74, 6) is -0.0852. The second-order valence-electron chi connectivity index (χ2n) is 7.26. The fourth-order valence-corrected chi connectivity index (χ4v) is 3.26. The maximum absolute atomic E-state index is 13.3. The van der Waals surface area contributed by atoms with Crippen LogP contribution in [0.4, 0.5) is 13.2 Å². The molecule has 0 bridgehead atoms. The molecule has 0 saturated carbocycles. The van der Waals surface area contributed by atoms with Gasteiger partial charge in [-0.15, -0.1) is 0 Å². The van der Waals surface area contributed by atoms with E-state index >= 15 is 0 Å². The summed E-state index contributed by atoms with van der Waals surface area (Å²) in [5, 5.41) is 0. The third kappa shape index (κ3) is 5.54. The molecule has 0 unspecified atom stereocenters. The highest BCUT2D eigenvalue weighted by Gasteiger charge is 2.31. The van der Waals surface area contributed by atoms with Crippen LogP contribution in [0.1, 0.15) is 21.5 Å². The van der Waals surface area contributed by atoms with E-state index in [9.17, 15) is 27.6 Å². The Morgan fingerprint density at radius 3 is 2.41 bits per heavy atom. The number of rotatable bonds is 8. The largest absolute Gasteiger partial charge is 0.497 e. The topological polar surface area (TPSA) is 93.6 Å². The summed E-state index contributed by atoms with van der Waals surface area (Å²) in [4.78, 5) is 42.3. The zero-order valence-corrected chi connectivity index (χ0v) is 18.4. The molecule has 3 aromatic rings. The Labute approximate surface area is 192 Å². The first-order valence-corrected chi connectivity index (χ1v) is 10.1. The van der Waals surface area contributed by atoms with Crippen LogP contribution < -0.4 is 16.0 Å². The molecule has 1 heterocycles. The van der Waals surface area contributed by atoms with Crippen LogP contribution in [0.3, 0.4) is 0 Å². The van der Waals surface area contributed by atoms with Crippen molar-refractivity contribution < 1.29 is 27.4 Å². The number of nitrogens with one attached hydrogen (secondary N) is 1. The Morgan fingerprint density at radius 1 is 1.09 bits per heavy atom. The van der Waals surface area contributed by atoms with E-state index in [0.29, 0.717) is 16.4 Å². The van der Waals surface area contributed by atoms with Crippen molar-refractivity contribution in [2.75, 3.05) is 27.4 Å². The summed E-state index contributed by atoms with van der Waals surface area (Å²) in [5.41, 5.74) is -3.01. The Balaban J connectivity index is 2.01. The monoisotopic (exact) mass is 477 g/mol. The molecule has 0 fully saturated rings. The summed E-state index contributed by atoms with van der Waals surface area (Å²) < 4.78 is 50.0. The number of amides is 1. The maximum Gasteiger partial charge on any atom is 0.416 e. The summed E-state index contributed by atoms with van der Waals surface area (Å²) in [7, 11) is 2.98. The van der Waals surface area contributed by atoms with E-state index in [-0.39, 0.29) is 25.4 Å². The van der Waals surface area contributed by atoms with Gasteiger partial charge in [0.2, 0.25) is 0 Å². The number of benzene rings is 2. The fraction of sp³-hybridized carbons (Fsp3) is 0.261. The maximum atomic E-state index is 13.3. The van der Waals surface area contributed by atoms with Gasteiger partial charge >= 0.3 is 11.9 Å². The van der Waals surface area contributed by atoms with Gasteiger partial charge in [0.25, 0.3) is 11.5 Å². The van der Waals surface area contributed by atoms with Crippen LogP contribution in [0.2, 0.25) is 0 Å². The van der Waals surface area contributed by atoms with Crippen LogP contribution in [0.25, 0.3) is 5.69 Å². The molecule has 0 aliphatic carbocycles. The van der Waals surface area contributed by atoms with Crippen LogP contribution >= 0.6 is 0 Å². The number of aromatic nitrogens is 2. The SMILES string of the molecule is COCCN(Cc1ccc(OC)cc1)C(=O)c1c[nH]c(=O)n(-c2cccc(C(F)(F)F)c2)c1=O. The molecule has 1 aromatic heterocycles. The predicted molar refractivity (Wildman–Crippen MR) is 117 cm³/mol. The lowest BCUT2D eigenvalue weighted by Gasteiger charge is -2.22. The molecule has 0 aliphatic heterocycles. The first-order chi connectivity index (χ1) is 16.2. The molecule has 0 atom stereocenters. The molecular formula is C23H22F3N3O5. The third-order valence-electron chi connectivity index (χ3n) is 5.02. The van der Waals surface area contributed by atoms with Gasteiger partial charge in [-0.05, 0) is 35.9 Å². The van der Waals surface area contributed by atoms with Crippen LogP contribution in [0.5, 0.6) is 5.75 Å². The third-order valence-corrected chi connectivity index (χ3v) is 5.02. The number of hydrogen-bond acceptors (Lipinski definition) is 5. The molecule has 0 saturated heterocycles. The molecule has 180 valence electrons. The highest BCUT2D eigenvalue weighted by molar-refractivity contribution is 5.93. The van der Waals surface area contributed by atoms with E-state index in [1.54, 1.807) is 24.3 Å². The van der Waals surface area contributed by atoms with E-state index in [2.05, 4.69) is 4.98 Å². The van der Waals surface area contributed by atoms with Gasteiger partial charge in [-0.2, -0.15) is 13.2 Å². The molecular weight excluding hydrogens is 455 g/mol. The summed E-state index contributed by atoms with van der Waals surface area (Å²) >= 11 is 0. The van der Waals surface area contributed by atoms with Crippen molar-refractivity contribution >= 4 is 5.91 Å². The van der Waals surface area contributed by atoms with Gasteiger partial charge in [0, 0.05) is 26.4 Å². The molecule has 1 N–H and O–H groups in total. The zero-order chi connectivity index (χ0) is 24.9. The number of aromatic amines is 1. The molecule has 1 amide bonds. The van der Waals surface area contributed by atoms with E-state index < -0.39 is 34.5 Å². The second-order valence-corrected chi connectivity index (χ2v) is 7.26.